The third-order valence-corrected chi connectivity index (χ3v) is 7.77. The van der Waals surface area contributed by atoms with Gasteiger partial charge >= 0.3 is 17.9 Å². The Morgan fingerprint density at radius 1 is 0.489 bits per heavy atom. The van der Waals surface area contributed by atoms with E-state index < -0.39 is 58.9 Å². The standard InChI is InChI=1S/C31H53N3O10S/c1-22(31(44)45)32-26(36)20-18-24(30(42)43)34-27(37)21-19-23(29(40)41)33-25(35)16-14-12-10-8-6-4-2-3-5-7-9-11-13-15-17-28(38)39/h22-24H,2-21H2,1H3,(H,32,36)(H,33,35)(H,34,37)(H,38,39)(H,40,41)(H,42,43)(H,44,45)/t22?,23?,24-/m0/s1. The minimum absolute atomic E-state index is 0.173. The molecule has 0 rings (SSSR count). The van der Waals surface area contributed by atoms with Crippen LogP contribution in [0, 0.1) is 0 Å². The largest absolute Gasteiger partial charge is 0.481 e. The number of nitrogens with one attached hydrogen (secondary N) is 3. The van der Waals surface area contributed by atoms with E-state index in [-0.39, 0.29) is 38.5 Å². The maximum absolute atomic E-state index is 12.3. The highest BCUT2D eigenvalue weighted by atomic mass is 32.1. The van der Waals surface area contributed by atoms with Crippen molar-refractivity contribution >= 4 is 53.4 Å². The third kappa shape index (κ3) is 24.8. The van der Waals surface area contributed by atoms with Crippen LogP contribution in [0.1, 0.15) is 135 Å². The van der Waals surface area contributed by atoms with Crippen molar-refractivity contribution in [2.24, 2.45) is 0 Å². The molecular formula is C31H53N3O10S. The first kappa shape index (κ1) is 41.8. The van der Waals surface area contributed by atoms with Gasteiger partial charge in [-0.2, -0.15) is 0 Å². The predicted octanol–water partition coefficient (Wildman–Crippen LogP) is 3.97. The second kappa shape index (κ2) is 26.1. The monoisotopic (exact) mass is 659 g/mol. The molecule has 0 aliphatic carbocycles. The summed E-state index contributed by atoms with van der Waals surface area (Å²) >= 11 is 3.60. The van der Waals surface area contributed by atoms with Crippen LogP contribution >= 0.6 is 12.6 Å². The molecule has 258 valence electrons. The van der Waals surface area contributed by atoms with Crippen LogP contribution in [0.5, 0.6) is 0 Å². The van der Waals surface area contributed by atoms with E-state index in [1.807, 2.05) is 0 Å². The SMILES string of the molecule is CC(NC(=O)CC[C@H](NC(=O)CCC(NC(=O)CCCCCCCCCCCCCCCCC(=O)O)C(=O)O)C(=O)O)C(=O)S. The summed E-state index contributed by atoms with van der Waals surface area (Å²) in [5, 5.41) is 33.9. The van der Waals surface area contributed by atoms with E-state index in [1.165, 1.54) is 39.0 Å². The lowest BCUT2D eigenvalue weighted by Gasteiger charge is -2.17. The number of aliphatic carboxylic acids is 3. The highest BCUT2D eigenvalue weighted by Crippen LogP contribution is 2.14. The zero-order valence-corrected chi connectivity index (χ0v) is 27.4. The van der Waals surface area contributed by atoms with E-state index in [2.05, 4.69) is 28.6 Å². The molecule has 0 aliphatic heterocycles. The second-order valence-electron chi connectivity index (χ2n) is 11.5. The molecule has 3 atom stereocenters. The van der Waals surface area contributed by atoms with E-state index in [0.29, 0.717) is 6.42 Å². The van der Waals surface area contributed by atoms with Crippen molar-refractivity contribution in [1.29, 1.82) is 0 Å². The van der Waals surface area contributed by atoms with Crippen molar-refractivity contribution in [2.75, 3.05) is 0 Å². The number of amides is 3. The first-order valence-electron chi connectivity index (χ1n) is 16.1. The van der Waals surface area contributed by atoms with E-state index in [0.717, 1.165) is 51.4 Å². The van der Waals surface area contributed by atoms with E-state index >= 15 is 0 Å². The molecule has 0 heterocycles. The van der Waals surface area contributed by atoms with Crippen LogP contribution in [0.3, 0.4) is 0 Å². The Hall–Kier alpha value is -3.16. The van der Waals surface area contributed by atoms with Crippen LogP contribution in [0.4, 0.5) is 0 Å². The van der Waals surface area contributed by atoms with E-state index in [9.17, 15) is 43.8 Å². The highest BCUT2D eigenvalue weighted by molar-refractivity contribution is 7.96. The Kier molecular flexibility index (Phi) is 24.3. The van der Waals surface area contributed by atoms with Crippen molar-refractivity contribution in [3.8, 4) is 0 Å². The number of carboxylic acid groups (broad SMARTS) is 3. The van der Waals surface area contributed by atoms with Crippen molar-refractivity contribution in [3.05, 3.63) is 0 Å². The molecular weight excluding hydrogens is 606 g/mol. The minimum Gasteiger partial charge on any atom is -0.481 e. The number of hydrogen-bond acceptors (Lipinski definition) is 7. The summed E-state index contributed by atoms with van der Waals surface area (Å²) in [6.07, 6.45) is 14.0. The lowest BCUT2D eigenvalue weighted by atomic mass is 10.0. The molecule has 0 saturated heterocycles. The number of carbonyl (C=O) groups is 7. The zero-order valence-electron chi connectivity index (χ0n) is 26.5. The van der Waals surface area contributed by atoms with Gasteiger partial charge in [-0.25, -0.2) is 9.59 Å². The molecule has 0 saturated carbocycles. The maximum Gasteiger partial charge on any atom is 0.326 e. The Morgan fingerprint density at radius 3 is 1.13 bits per heavy atom. The van der Waals surface area contributed by atoms with Gasteiger partial charge < -0.3 is 31.3 Å². The molecule has 6 N–H and O–H groups in total. The van der Waals surface area contributed by atoms with Gasteiger partial charge in [-0.05, 0) is 32.6 Å². The van der Waals surface area contributed by atoms with Gasteiger partial charge in [0.05, 0.1) is 6.04 Å². The highest BCUT2D eigenvalue weighted by Gasteiger charge is 2.25. The lowest BCUT2D eigenvalue weighted by molar-refractivity contribution is -0.143. The summed E-state index contributed by atoms with van der Waals surface area (Å²) in [7, 11) is 0. The summed E-state index contributed by atoms with van der Waals surface area (Å²) < 4.78 is 0. The molecule has 0 fully saturated rings. The number of carbonyl (C=O) groups excluding carboxylic acids is 4. The Labute approximate surface area is 271 Å². The van der Waals surface area contributed by atoms with E-state index in [1.54, 1.807) is 0 Å². The van der Waals surface area contributed by atoms with Gasteiger partial charge in [-0.1, -0.05) is 77.0 Å². The fraction of sp³-hybridized carbons (Fsp3) is 0.774. The van der Waals surface area contributed by atoms with Crippen LogP contribution < -0.4 is 16.0 Å². The van der Waals surface area contributed by atoms with Crippen LogP contribution in [0.2, 0.25) is 0 Å². The van der Waals surface area contributed by atoms with Gasteiger partial charge in [-0.15, -0.1) is 12.6 Å². The topological polar surface area (TPSA) is 216 Å². The molecule has 13 nitrogen and oxygen atoms in total. The Morgan fingerprint density at radius 2 is 0.800 bits per heavy atom. The molecule has 0 aromatic rings. The molecule has 0 aliphatic rings. The molecule has 3 amide bonds. The Bertz CT molecular complexity index is 947. The molecule has 0 spiro atoms. The van der Waals surface area contributed by atoms with Gasteiger partial charge in [-0.3, -0.25) is 24.0 Å². The number of unbranched alkanes of at least 4 members (excludes halogenated alkanes) is 13. The number of thiol groups is 1. The fourth-order valence-corrected chi connectivity index (χ4v) is 4.72. The van der Waals surface area contributed by atoms with Crippen LogP contribution in [-0.4, -0.2) is 74.2 Å². The third-order valence-electron chi connectivity index (χ3n) is 7.38. The van der Waals surface area contributed by atoms with Crippen molar-refractivity contribution in [3.63, 3.8) is 0 Å². The fourth-order valence-electron chi connectivity index (χ4n) is 4.66. The molecule has 0 bridgehead atoms. The maximum atomic E-state index is 12.3. The van der Waals surface area contributed by atoms with Crippen LogP contribution in [-0.2, 0) is 33.6 Å². The van der Waals surface area contributed by atoms with Gasteiger partial charge in [0.15, 0.2) is 0 Å². The summed E-state index contributed by atoms with van der Waals surface area (Å²) in [5.74, 6) is -5.13. The zero-order chi connectivity index (χ0) is 34.0. The van der Waals surface area contributed by atoms with Gasteiger partial charge in [0.2, 0.25) is 22.8 Å². The van der Waals surface area contributed by atoms with Gasteiger partial charge in [0.1, 0.15) is 12.1 Å². The van der Waals surface area contributed by atoms with E-state index in [4.69, 9.17) is 5.11 Å². The molecule has 0 radical (unpaired) electrons. The second-order valence-corrected chi connectivity index (χ2v) is 11.9. The molecule has 14 heteroatoms. The normalized spacial score (nSPS) is 12.8. The van der Waals surface area contributed by atoms with Crippen LogP contribution in [0.25, 0.3) is 0 Å². The first-order chi connectivity index (χ1) is 21.3. The average Bonchev–Trinajstić information content (AvgIpc) is 2.96. The summed E-state index contributed by atoms with van der Waals surface area (Å²) in [5.41, 5.74) is 0. The average molecular weight is 660 g/mol. The lowest BCUT2D eigenvalue weighted by Crippen LogP contribution is -2.44. The summed E-state index contributed by atoms with van der Waals surface area (Å²) in [6.45, 7) is 1.42. The molecule has 0 aromatic heterocycles. The summed E-state index contributed by atoms with van der Waals surface area (Å²) in [4.78, 5) is 81.1. The molecule has 45 heavy (non-hydrogen) atoms. The Balaban J connectivity index is 4.06. The number of hydrogen-bond donors (Lipinski definition) is 7. The first-order valence-corrected chi connectivity index (χ1v) is 16.6. The smallest absolute Gasteiger partial charge is 0.326 e. The number of rotatable bonds is 29. The number of carboxylic acids is 3. The molecule has 2 unspecified atom stereocenters. The van der Waals surface area contributed by atoms with Gasteiger partial charge in [0, 0.05) is 25.7 Å². The van der Waals surface area contributed by atoms with Crippen molar-refractivity contribution in [1.82, 2.24) is 16.0 Å². The predicted molar refractivity (Wildman–Crippen MR) is 171 cm³/mol. The quantitative estimate of drug-likeness (QED) is 0.0453. The van der Waals surface area contributed by atoms with Crippen molar-refractivity contribution in [2.45, 2.75) is 153 Å². The molecule has 0 aromatic carbocycles. The summed E-state index contributed by atoms with van der Waals surface area (Å²) in [6, 6.07) is -3.53. The minimum atomic E-state index is -1.39. The van der Waals surface area contributed by atoms with Crippen molar-refractivity contribution < 1.29 is 48.9 Å². The van der Waals surface area contributed by atoms with Gasteiger partial charge in [0.25, 0.3) is 0 Å². The van der Waals surface area contributed by atoms with Crippen LogP contribution in [0.15, 0.2) is 0 Å².